The number of carbonyl (C=O) groups excluding carboxylic acids is 3. The van der Waals surface area contributed by atoms with E-state index in [1.807, 2.05) is 13.0 Å². The molecule has 3 aliphatic rings. The van der Waals surface area contributed by atoms with Crippen LogP contribution in [0.1, 0.15) is 26.7 Å². The minimum absolute atomic E-state index is 0.137. The molecule has 0 amide bonds. The maximum atomic E-state index is 12.1. The Kier molecular flexibility index (Phi) is 4.37. The number of hydrogen-bond donors (Lipinski definition) is 0. The van der Waals surface area contributed by atoms with Crippen molar-refractivity contribution in [2.45, 2.75) is 45.0 Å². The van der Waals surface area contributed by atoms with E-state index in [0.29, 0.717) is 12.0 Å². The number of rotatable bonds is 2. The molecule has 0 spiro atoms. The first-order valence-corrected chi connectivity index (χ1v) is 8.11. The van der Waals surface area contributed by atoms with Gasteiger partial charge in [-0.1, -0.05) is 18.7 Å². The van der Waals surface area contributed by atoms with Crippen LogP contribution in [0, 0.1) is 5.92 Å². The smallest absolute Gasteiger partial charge is 0.334 e. The Morgan fingerprint density at radius 3 is 2.60 bits per heavy atom. The van der Waals surface area contributed by atoms with Gasteiger partial charge in [0.25, 0.3) is 0 Å². The SMILES string of the molecule is C=C(C)C(=O)O[C@H]1CC2=C[C@H](C/C(C)=C/[C@H]3OC(=O)C(=C)C13)OC2=O. The highest BCUT2D eigenvalue weighted by Gasteiger charge is 2.46. The summed E-state index contributed by atoms with van der Waals surface area (Å²) in [7, 11) is 0. The second kappa shape index (κ2) is 6.35. The average Bonchev–Trinajstić information content (AvgIpc) is 2.98. The van der Waals surface area contributed by atoms with Crippen LogP contribution in [0.3, 0.4) is 0 Å². The molecule has 0 aromatic heterocycles. The third kappa shape index (κ3) is 3.29. The molecule has 0 N–H and O–H groups in total. The van der Waals surface area contributed by atoms with Crippen LogP contribution in [0.5, 0.6) is 0 Å². The average molecular weight is 344 g/mol. The molecule has 2 aliphatic heterocycles. The molecule has 0 radical (unpaired) electrons. The lowest BCUT2D eigenvalue weighted by molar-refractivity contribution is -0.148. The lowest BCUT2D eigenvalue weighted by Crippen LogP contribution is -2.34. The van der Waals surface area contributed by atoms with Crippen LogP contribution in [0.4, 0.5) is 0 Å². The maximum absolute atomic E-state index is 12.1. The van der Waals surface area contributed by atoms with Crippen LogP contribution in [0.15, 0.2) is 47.6 Å². The minimum atomic E-state index is -0.771. The standard InChI is InChI=1S/C19H20O6/c1-9(2)17(20)24-15-8-12-7-13(23-19(12)22)5-10(3)6-14-16(15)11(4)18(21)25-14/h6-7,13-16H,1,4-5,8H2,2-3H3/b10-6+/t13-,14+,15-,16?/m0/s1. The normalized spacial score (nSPS) is 33.4. The summed E-state index contributed by atoms with van der Waals surface area (Å²) in [6.07, 6.45) is 2.52. The van der Waals surface area contributed by atoms with E-state index in [1.165, 1.54) is 6.92 Å². The molecule has 1 unspecified atom stereocenters. The summed E-state index contributed by atoms with van der Waals surface area (Å²) >= 11 is 0. The summed E-state index contributed by atoms with van der Waals surface area (Å²) in [5.74, 6) is -2.09. The van der Waals surface area contributed by atoms with Gasteiger partial charge < -0.3 is 14.2 Å². The third-order valence-electron chi connectivity index (χ3n) is 4.57. The molecular weight excluding hydrogens is 324 g/mol. The molecule has 0 aromatic carbocycles. The molecular formula is C19H20O6. The molecule has 4 atom stereocenters. The van der Waals surface area contributed by atoms with Gasteiger partial charge in [-0.05, 0) is 26.0 Å². The number of fused-ring (bicyclic) bond motifs is 2. The summed E-state index contributed by atoms with van der Waals surface area (Å²) in [5.41, 5.74) is 1.82. The summed E-state index contributed by atoms with van der Waals surface area (Å²) < 4.78 is 16.3. The highest BCUT2D eigenvalue weighted by Crippen LogP contribution is 2.38. The molecule has 6 nitrogen and oxygen atoms in total. The Balaban J connectivity index is 2.01. The monoisotopic (exact) mass is 344 g/mol. The van der Waals surface area contributed by atoms with E-state index in [4.69, 9.17) is 14.2 Å². The molecule has 2 bridgehead atoms. The first-order chi connectivity index (χ1) is 11.8. The number of ether oxygens (including phenoxy) is 3. The third-order valence-corrected chi connectivity index (χ3v) is 4.57. The highest BCUT2D eigenvalue weighted by atomic mass is 16.6. The Morgan fingerprint density at radius 2 is 1.92 bits per heavy atom. The van der Waals surface area contributed by atoms with Crippen LogP contribution in [-0.2, 0) is 28.6 Å². The van der Waals surface area contributed by atoms with Crippen LogP contribution in [-0.4, -0.2) is 36.2 Å². The van der Waals surface area contributed by atoms with Crippen molar-refractivity contribution < 1.29 is 28.6 Å². The zero-order valence-corrected chi connectivity index (χ0v) is 14.2. The van der Waals surface area contributed by atoms with Gasteiger partial charge >= 0.3 is 17.9 Å². The first kappa shape index (κ1) is 17.2. The van der Waals surface area contributed by atoms with Gasteiger partial charge in [-0.25, -0.2) is 14.4 Å². The highest BCUT2D eigenvalue weighted by molar-refractivity contribution is 5.93. The fraction of sp³-hybridized carbons (Fsp3) is 0.421. The van der Waals surface area contributed by atoms with Crippen LogP contribution in [0.25, 0.3) is 0 Å². The molecule has 1 saturated heterocycles. The topological polar surface area (TPSA) is 78.9 Å². The zero-order valence-electron chi connectivity index (χ0n) is 14.2. The summed E-state index contributed by atoms with van der Waals surface area (Å²) in [6, 6.07) is 0. The Bertz CT molecular complexity index is 741. The maximum Gasteiger partial charge on any atom is 0.334 e. The molecule has 0 saturated carbocycles. The van der Waals surface area contributed by atoms with E-state index in [2.05, 4.69) is 13.2 Å². The predicted octanol–water partition coefficient (Wildman–Crippen LogP) is 2.16. The van der Waals surface area contributed by atoms with Crippen molar-refractivity contribution in [3.8, 4) is 0 Å². The van der Waals surface area contributed by atoms with Crippen molar-refractivity contribution in [3.63, 3.8) is 0 Å². The van der Waals surface area contributed by atoms with E-state index >= 15 is 0 Å². The van der Waals surface area contributed by atoms with Crippen molar-refractivity contribution in [1.29, 1.82) is 0 Å². The Morgan fingerprint density at radius 1 is 1.20 bits per heavy atom. The van der Waals surface area contributed by atoms with Crippen molar-refractivity contribution >= 4 is 17.9 Å². The van der Waals surface area contributed by atoms with E-state index in [9.17, 15) is 14.4 Å². The molecule has 1 aliphatic carbocycles. The Hall–Kier alpha value is -2.63. The van der Waals surface area contributed by atoms with E-state index in [-0.39, 0.29) is 23.7 Å². The summed E-state index contributed by atoms with van der Waals surface area (Å²) in [5, 5.41) is 0. The van der Waals surface area contributed by atoms with Crippen molar-refractivity contribution in [1.82, 2.24) is 0 Å². The number of esters is 3. The quantitative estimate of drug-likeness (QED) is 0.331. The fourth-order valence-electron chi connectivity index (χ4n) is 3.33. The fourth-order valence-corrected chi connectivity index (χ4v) is 3.33. The molecule has 1 fully saturated rings. The van der Waals surface area contributed by atoms with Crippen LogP contribution < -0.4 is 0 Å². The van der Waals surface area contributed by atoms with Gasteiger partial charge in [-0.15, -0.1) is 0 Å². The molecule has 2 heterocycles. The zero-order chi connectivity index (χ0) is 18.3. The van der Waals surface area contributed by atoms with Gasteiger partial charge in [-0.3, -0.25) is 0 Å². The summed E-state index contributed by atoms with van der Waals surface area (Å²) in [4.78, 5) is 36.2. The van der Waals surface area contributed by atoms with Gasteiger partial charge in [0.15, 0.2) is 0 Å². The number of carbonyl (C=O) groups is 3. The van der Waals surface area contributed by atoms with Crippen LogP contribution >= 0.6 is 0 Å². The predicted molar refractivity (Wildman–Crippen MR) is 88.2 cm³/mol. The number of hydrogen-bond acceptors (Lipinski definition) is 6. The molecule has 3 rings (SSSR count). The van der Waals surface area contributed by atoms with Gasteiger partial charge in [-0.2, -0.15) is 0 Å². The first-order valence-electron chi connectivity index (χ1n) is 8.11. The minimum Gasteiger partial charge on any atom is -0.458 e. The van der Waals surface area contributed by atoms with E-state index < -0.39 is 36.0 Å². The van der Waals surface area contributed by atoms with E-state index in [1.54, 1.807) is 6.08 Å². The van der Waals surface area contributed by atoms with Gasteiger partial charge in [0.1, 0.15) is 18.3 Å². The van der Waals surface area contributed by atoms with Gasteiger partial charge in [0.2, 0.25) is 0 Å². The van der Waals surface area contributed by atoms with E-state index in [0.717, 1.165) is 5.57 Å². The van der Waals surface area contributed by atoms with Gasteiger partial charge in [0, 0.05) is 29.6 Å². The molecule has 6 heteroatoms. The Labute approximate surface area is 145 Å². The second-order valence-corrected chi connectivity index (χ2v) is 6.70. The lowest BCUT2D eigenvalue weighted by atomic mass is 9.85. The largest absolute Gasteiger partial charge is 0.458 e. The van der Waals surface area contributed by atoms with Crippen molar-refractivity contribution in [3.05, 3.63) is 47.6 Å². The molecule has 0 aromatic rings. The summed E-state index contributed by atoms with van der Waals surface area (Å²) in [6.45, 7) is 10.8. The molecule has 25 heavy (non-hydrogen) atoms. The molecule has 132 valence electrons. The lowest BCUT2D eigenvalue weighted by Gasteiger charge is -2.26. The van der Waals surface area contributed by atoms with Crippen molar-refractivity contribution in [2.75, 3.05) is 0 Å². The van der Waals surface area contributed by atoms with Crippen LogP contribution in [0.2, 0.25) is 0 Å². The van der Waals surface area contributed by atoms with Crippen molar-refractivity contribution in [2.24, 2.45) is 5.92 Å². The van der Waals surface area contributed by atoms with Gasteiger partial charge in [0.05, 0.1) is 5.92 Å². The second-order valence-electron chi connectivity index (χ2n) is 6.70.